The molecule has 2 aromatic heterocycles. The fourth-order valence-electron chi connectivity index (χ4n) is 3.18. The fourth-order valence-corrected chi connectivity index (χ4v) is 4.97. The van der Waals surface area contributed by atoms with Crippen LogP contribution in [0.3, 0.4) is 0 Å². The minimum Gasteiger partial charge on any atom is -0.387 e. The van der Waals surface area contributed by atoms with Gasteiger partial charge in [0.25, 0.3) is 0 Å². The average Bonchev–Trinajstić information content (AvgIpc) is 3.03. The summed E-state index contributed by atoms with van der Waals surface area (Å²) in [5, 5.41) is 11.2. The third kappa shape index (κ3) is 2.79. The topological polar surface area (TPSA) is 66.3 Å². The van der Waals surface area contributed by atoms with E-state index in [1.807, 2.05) is 6.07 Å². The number of fused-ring (bicyclic) bond motifs is 3. The number of benzene rings is 1. The lowest BCUT2D eigenvalue weighted by molar-refractivity contribution is -0.135. The van der Waals surface area contributed by atoms with Gasteiger partial charge in [0.1, 0.15) is 12.9 Å². The SMILES string of the molecule is O=C(CO)N1CCc2sc3c(Cl)c(Cl)cc(-c4cncnc4)c3c2C1. The summed E-state index contributed by atoms with van der Waals surface area (Å²) >= 11 is 14.4. The third-order valence-electron chi connectivity index (χ3n) is 4.36. The molecule has 0 radical (unpaired) electrons. The molecule has 0 fully saturated rings. The maximum Gasteiger partial charge on any atom is 0.248 e. The van der Waals surface area contributed by atoms with Crippen molar-refractivity contribution >= 4 is 50.5 Å². The van der Waals surface area contributed by atoms with Gasteiger partial charge in [0.05, 0.1) is 14.7 Å². The molecule has 0 spiro atoms. The van der Waals surface area contributed by atoms with Crippen molar-refractivity contribution in [1.29, 1.82) is 0 Å². The first-order valence-electron chi connectivity index (χ1n) is 7.66. The normalized spacial score (nSPS) is 14.0. The van der Waals surface area contributed by atoms with E-state index in [4.69, 9.17) is 28.3 Å². The number of thiophene rings is 1. The van der Waals surface area contributed by atoms with Crippen molar-refractivity contribution in [2.45, 2.75) is 13.0 Å². The zero-order valence-corrected chi connectivity index (χ0v) is 15.3. The molecule has 0 saturated carbocycles. The second-order valence-corrected chi connectivity index (χ2v) is 7.67. The number of aliphatic hydroxyl groups is 1. The van der Waals surface area contributed by atoms with E-state index in [0.29, 0.717) is 23.1 Å². The van der Waals surface area contributed by atoms with Crippen LogP contribution in [-0.2, 0) is 17.8 Å². The van der Waals surface area contributed by atoms with Crippen LogP contribution in [0.15, 0.2) is 24.8 Å². The molecule has 0 saturated heterocycles. The van der Waals surface area contributed by atoms with Crippen LogP contribution < -0.4 is 0 Å². The van der Waals surface area contributed by atoms with Crippen LogP contribution >= 0.6 is 34.5 Å². The zero-order chi connectivity index (χ0) is 17.6. The summed E-state index contributed by atoms with van der Waals surface area (Å²) in [6.07, 6.45) is 5.67. The van der Waals surface area contributed by atoms with Gasteiger partial charge in [-0.3, -0.25) is 4.79 Å². The van der Waals surface area contributed by atoms with E-state index < -0.39 is 6.61 Å². The van der Waals surface area contributed by atoms with E-state index in [0.717, 1.165) is 33.2 Å². The molecule has 1 amide bonds. The Kier molecular flexibility index (Phi) is 4.37. The number of aromatic nitrogens is 2. The summed E-state index contributed by atoms with van der Waals surface area (Å²) in [5.41, 5.74) is 2.81. The van der Waals surface area contributed by atoms with E-state index in [1.165, 1.54) is 11.2 Å². The minimum absolute atomic E-state index is 0.269. The Bertz CT molecular complexity index is 975. The maximum atomic E-state index is 11.9. The molecular formula is C17H13Cl2N3O2S. The predicted octanol–water partition coefficient (Wildman–Crippen LogP) is 3.54. The van der Waals surface area contributed by atoms with Crippen molar-refractivity contribution in [3.05, 3.63) is 45.3 Å². The summed E-state index contributed by atoms with van der Waals surface area (Å²) in [6.45, 7) is 0.561. The second kappa shape index (κ2) is 6.53. The molecule has 8 heteroatoms. The molecule has 3 aromatic rings. The Balaban J connectivity index is 1.97. The van der Waals surface area contributed by atoms with Gasteiger partial charge < -0.3 is 10.0 Å². The van der Waals surface area contributed by atoms with Gasteiger partial charge in [-0.2, -0.15) is 0 Å². The van der Waals surface area contributed by atoms with E-state index in [2.05, 4.69) is 9.97 Å². The highest BCUT2D eigenvalue weighted by Gasteiger charge is 2.27. The Morgan fingerprint density at radius 1 is 1.32 bits per heavy atom. The van der Waals surface area contributed by atoms with Crippen molar-refractivity contribution in [2.24, 2.45) is 0 Å². The van der Waals surface area contributed by atoms with E-state index in [-0.39, 0.29) is 5.91 Å². The van der Waals surface area contributed by atoms with Crippen LogP contribution in [0, 0.1) is 0 Å². The maximum absolute atomic E-state index is 11.9. The van der Waals surface area contributed by atoms with Gasteiger partial charge in [-0.1, -0.05) is 23.2 Å². The molecule has 1 N–H and O–H groups in total. The van der Waals surface area contributed by atoms with Crippen molar-refractivity contribution in [2.75, 3.05) is 13.2 Å². The molecule has 0 aliphatic carbocycles. The van der Waals surface area contributed by atoms with E-state index in [9.17, 15) is 4.79 Å². The van der Waals surface area contributed by atoms with Gasteiger partial charge in [-0.15, -0.1) is 11.3 Å². The molecule has 0 atom stereocenters. The zero-order valence-electron chi connectivity index (χ0n) is 13.0. The number of hydrogen-bond acceptors (Lipinski definition) is 5. The Morgan fingerprint density at radius 3 is 2.80 bits per heavy atom. The number of aliphatic hydroxyl groups excluding tert-OH is 1. The fraction of sp³-hybridized carbons (Fsp3) is 0.235. The van der Waals surface area contributed by atoms with Gasteiger partial charge in [-0.05, 0) is 23.6 Å². The summed E-state index contributed by atoms with van der Waals surface area (Å²) in [4.78, 5) is 23.0. The number of halogens is 2. The van der Waals surface area contributed by atoms with Crippen LogP contribution in [0.4, 0.5) is 0 Å². The molecule has 3 heterocycles. The molecule has 4 rings (SSSR count). The Labute approximate surface area is 157 Å². The first-order chi connectivity index (χ1) is 12.1. The first-order valence-corrected chi connectivity index (χ1v) is 9.23. The number of amides is 1. The Morgan fingerprint density at radius 2 is 2.08 bits per heavy atom. The molecular weight excluding hydrogens is 381 g/mol. The summed E-state index contributed by atoms with van der Waals surface area (Å²) in [7, 11) is 0. The van der Waals surface area contributed by atoms with Crippen LogP contribution in [0.25, 0.3) is 21.2 Å². The van der Waals surface area contributed by atoms with Crippen LogP contribution in [0.2, 0.25) is 10.0 Å². The smallest absolute Gasteiger partial charge is 0.248 e. The molecule has 1 aliphatic heterocycles. The van der Waals surface area contributed by atoms with Crippen molar-refractivity contribution in [1.82, 2.24) is 14.9 Å². The van der Waals surface area contributed by atoms with Crippen molar-refractivity contribution < 1.29 is 9.90 Å². The molecule has 5 nitrogen and oxygen atoms in total. The number of rotatable bonds is 2. The first kappa shape index (κ1) is 16.7. The molecule has 25 heavy (non-hydrogen) atoms. The van der Waals surface area contributed by atoms with E-state index >= 15 is 0 Å². The quantitative estimate of drug-likeness (QED) is 0.722. The van der Waals surface area contributed by atoms with Gasteiger partial charge >= 0.3 is 0 Å². The van der Waals surface area contributed by atoms with Crippen molar-refractivity contribution in [3.63, 3.8) is 0 Å². The molecule has 0 unspecified atom stereocenters. The molecule has 1 aliphatic rings. The number of hydrogen-bond donors (Lipinski definition) is 1. The molecule has 128 valence electrons. The monoisotopic (exact) mass is 393 g/mol. The highest BCUT2D eigenvalue weighted by molar-refractivity contribution is 7.20. The summed E-state index contributed by atoms with van der Waals surface area (Å²) in [5.74, 6) is -0.269. The van der Waals surface area contributed by atoms with Gasteiger partial charge in [0, 0.05) is 41.3 Å². The summed E-state index contributed by atoms with van der Waals surface area (Å²) in [6, 6.07) is 1.82. The van der Waals surface area contributed by atoms with Gasteiger partial charge in [0.15, 0.2) is 0 Å². The van der Waals surface area contributed by atoms with Crippen LogP contribution in [0.5, 0.6) is 0 Å². The lowest BCUT2D eigenvalue weighted by Gasteiger charge is -2.27. The standard InChI is InChI=1S/C17H13Cl2N3O2S/c18-12-3-10(9-4-20-8-21-5-9)15-11-6-22(14(24)7-23)2-1-13(11)25-17(15)16(12)19/h3-5,8,23H,1-2,6-7H2. The van der Waals surface area contributed by atoms with Crippen LogP contribution in [-0.4, -0.2) is 39.0 Å². The molecule has 0 bridgehead atoms. The molecule has 1 aromatic carbocycles. The lowest BCUT2D eigenvalue weighted by Crippen LogP contribution is -2.37. The lowest BCUT2D eigenvalue weighted by atomic mass is 9.97. The number of carbonyl (C=O) groups is 1. The van der Waals surface area contributed by atoms with Crippen LogP contribution in [0.1, 0.15) is 10.4 Å². The van der Waals surface area contributed by atoms with Crippen molar-refractivity contribution in [3.8, 4) is 11.1 Å². The highest BCUT2D eigenvalue weighted by Crippen LogP contribution is 2.46. The number of nitrogens with zero attached hydrogens (tertiary/aromatic N) is 3. The number of carbonyl (C=O) groups excluding carboxylic acids is 1. The van der Waals surface area contributed by atoms with E-state index in [1.54, 1.807) is 28.6 Å². The van der Waals surface area contributed by atoms with Gasteiger partial charge in [-0.25, -0.2) is 9.97 Å². The highest BCUT2D eigenvalue weighted by atomic mass is 35.5. The van der Waals surface area contributed by atoms with Gasteiger partial charge in [0.2, 0.25) is 5.91 Å². The predicted molar refractivity (Wildman–Crippen MR) is 99.1 cm³/mol. The largest absolute Gasteiger partial charge is 0.387 e. The third-order valence-corrected chi connectivity index (χ3v) is 6.57. The second-order valence-electron chi connectivity index (χ2n) is 5.78. The average molecular weight is 394 g/mol. The minimum atomic E-state index is -0.483. The summed E-state index contributed by atoms with van der Waals surface area (Å²) < 4.78 is 0.913. The Hall–Kier alpha value is -1.73.